The number of allylic oxidation sites excluding steroid dienone is 4. The van der Waals surface area contributed by atoms with E-state index >= 15 is 0 Å². The van der Waals surface area contributed by atoms with E-state index in [9.17, 15) is 4.79 Å². The van der Waals surface area contributed by atoms with Gasteiger partial charge in [0.2, 0.25) is 0 Å². The van der Waals surface area contributed by atoms with E-state index in [0.29, 0.717) is 18.1 Å². The molecule has 0 heterocycles. The average Bonchev–Trinajstić information content (AvgIpc) is 2.87. The fourth-order valence-electron chi connectivity index (χ4n) is 2.93. The van der Waals surface area contributed by atoms with Crippen molar-refractivity contribution in [2.75, 3.05) is 0 Å². The van der Waals surface area contributed by atoms with Crippen molar-refractivity contribution in [1.29, 1.82) is 0 Å². The molecule has 1 heteroatoms. The van der Waals surface area contributed by atoms with Crippen LogP contribution in [0.3, 0.4) is 0 Å². The van der Waals surface area contributed by atoms with E-state index in [1.807, 2.05) is 20.8 Å². The summed E-state index contributed by atoms with van der Waals surface area (Å²) in [6, 6.07) is 10.6. The Morgan fingerprint density at radius 3 is 2.33 bits per heavy atom. The normalized spacial score (nSPS) is 18.4. The fraction of sp³-hybridized carbons (Fsp3) is 0.450. The summed E-state index contributed by atoms with van der Waals surface area (Å²) in [5.74, 6) is 0.826. The number of rotatable bonds is 5. The van der Waals surface area contributed by atoms with Crippen LogP contribution in [0.2, 0.25) is 0 Å². The first kappa shape index (κ1) is 15.8. The van der Waals surface area contributed by atoms with Crippen LogP contribution < -0.4 is 0 Å². The van der Waals surface area contributed by atoms with Gasteiger partial charge in [-0.15, -0.1) is 0 Å². The summed E-state index contributed by atoms with van der Waals surface area (Å²) in [6.07, 6.45) is 7.10. The number of carbonyl (C=O) groups is 1. The van der Waals surface area contributed by atoms with E-state index in [0.717, 1.165) is 12.8 Å². The summed E-state index contributed by atoms with van der Waals surface area (Å²) in [5.41, 5.74) is 3.89. The van der Waals surface area contributed by atoms with Crippen LogP contribution in [0.15, 0.2) is 48.1 Å². The molecule has 0 aromatic heterocycles. The Labute approximate surface area is 128 Å². The molecule has 0 spiro atoms. The van der Waals surface area contributed by atoms with Gasteiger partial charge in [-0.3, -0.25) is 4.79 Å². The van der Waals surface area contributed by atoms with Gasteiger partial charge in [-0.05, 0) is 24.0 Å². The van der Waals surface area contributed by atoms with E-state index < -0.39 is 0 Å². The minimum Gasteiger partial charge on any atom is -0.299 e. The largest absolute Gasteiger partial charge is 0.299 e. The highest BCUT2D eigenvalue weighted by atomic mass is 16.1. The molecule has 1 atom stereocenters. The van der Waals surface area contributed by atoms with Crippen LogP contribution in [0.5, 0.6) is 0 Å². The monoisotopic (exact) mass is 282 g/mol. The highest BCUT2D eigenvalue weighted by Crippen LogP contribution is 2.38. The van der Waals surface area contributed by atoms with Crippen molar-refractivity contribution < 1.29 is 4.79 Å². The van der Waals surface area contributed by atoms with Crippen molar-refractivity contribution in [3.05, 3.63) is 53.6 Å². The predicted octanol–water partition coefficient (Wildman–Crippen LogP) is 5.43. The Balaban J connectivity index is 2.03. The third kappa shape index (κ3) is 3.72. The standard InChI is InChI=1S/C20H26O/c1-5-17-16(12-14-19(21)20(2,3)4)11-13-18(17)15-9-7-6-8-10-15/h6-11,13,17H,5,12,14H2,1-4H3. The Kier molecular flexibility index (Phi) is 4.82. The molecule has 0 radical (unpaired) electrons. The number of Topliss-reactive ketones (excluding diaryl/α,β-unsaturated/α-hetero) is 1. The van der Waals surface area contributed by atoms with Gasteiger partial charge in [0.25, 0.3) is 0 Å². The first-order valence-electron chi connectivity index (χ1n) is 7.93. The molecule has 0 saturated heterocycles. The second-order valence-electron chi connectivity index (χ2n) is 6.86. The molecule has 0 saturated carbocycles. The number of ketones is 1. The Morgan fingerprint density at radius 1 is 1.10 bits per heavy atom. The molecule has 0 bridgehead atoms. The number of benzene rings is 1. The Hall–Kier alpha value is -1.63. The summed E-state index contributed by atoms with van der Waals surface area (Å²) in [7, 11) is 0. The third-order valence-corrected chi connectivity index (χ3v) is 4.29. The predicted molar refractivity (Wildman–Crippen MR) is 90.0 cm³/mol. The summed E-state index contributed by atoms with van der Waals surface area (Å²) in [4.78, 5) is 12.1. The highest BCUT2D eigenvalue weighted by Gasteiger charge is 2.25. The van der Waals surface area contributed by atoms with E-state index in [1.165, 1.54) is 16.7 Å². The van der Waals surface area contributed by atoms with Gasteiger partial charge in [0.1, 0.15) is 5.78 Å². The molecule has 1 aromatic rings. The molecular formula is C20H26O. The maximum absolute atomic E-state index is 12.1. The van der Waals surface area contributed by atoms with Crippen molar-refractivity contribution in [3.63, 3.8) is 0 Å². The van der Waals surface area contributed by atoms with Gasteiger partial charge >= 0.3 is 0 Å². The molecule has 21 heavy (non-hydrogen) atoms. The third-order valence-electron chi connectivity index (χ3n) is 4.29. The van der Waals surface area contributed by atoms with E-state index in [2.05, 4.69) is 49.4 Å². The van der Waals surface area contributed by atoms with Gasteiger partial charge in [-0.1, -0.05) is 75.8 Å². The molecule has 1 aliphatic rings. The first-order chi connectivity index (χ1) is 9.93. The molecule has 1 unspecified atom stereocenters. The lowest BCUT2D eigenvalue weighted by molar-refractivity contribution is -0.126. The molecule has 0 aliphatic heterocycles. The van der Waals surface area contributed by atoms with Crippen LogP contribution in [0.25, 0.3) is 5.57 Å². The van der Waals surface area contributed by atoms with Crippen molar-refractivity contribution in [1.82, 2.24) is 0 Å². The minimum absolute atomic E-state index is 0.226. The number of carbonyl (C=O) groups excluding carboxylic acids is 1. The average molecular weight is 282 g/mol. The van der Waals surface area contributed by atoms with Gasteiger partial charge in [-0.2, -0.15) is 0 Å². The summed E-state index contributed by atoms with van der Waals surface area (Å²) in [5, 5.41) is 0. The van der Waals surface area contributed by atoms with Gasteiger partial charge in [-0.25, -0.2) is 0 Å². The molecule has 2 rings (SSSR count). The minimum atomic E-state index is -0.226. The van der Waals surface area contributed by atoms with Gasteiger partial charge in [0, 0.05) is 17.8 Å². The van der Waals surface area contributed by atoms with Crippen LogP contribution in [0, 0.1) is 11.3 Å². The topological polar surface area (TPSA) is 17.1 Å². The molecule has 0 amide bonds. The second-order valence-corrected chi connectivity index (χ2v) is 6.86. The molecule has 1 aliphatic carbocycles. The summed E-state index contributed by atoms with van der Waals surface area (Å²) in [6.45, 7) is 8.24. The number of hydrogen-bond donors (Lipinski definition) is 0. The molecule has 112 valence electrons. The lowest BCUT2D eigenvalue weighted by Gasteiger charge is -2.20. The Bertz CT molecular complexity index is 555. The lowest BCUT2D eigenvalue weighted by atomic mass is 9.83. The summed E-state index contributed by atoms with van der Waals surface area (Å²) >= 11 is 0. The fourth-order valence-corrected chi connectivity index (χ4v) is 2.93. The zero-order valence-electron chi connectivity index (χ0n) is 13.6. The van der Waals surface area contributed by atoms with Crippen LogP contribution in [0.1, 0.15) is 52.5 Å². The van der Waals surface area contributed by atoms with E-state index in [-0.39, 0.29) is 5.41 Å². The molecule has 0 fully saturated rings. The van der Waals surface area contributed by atoms with Crippen LogP contribution in [-0.2, 0) is 4.79 Å². The SMILES string of the molecule is CCC1C(CCC(=O)C(C)(C)C)=CC=C1c1ccccc1. The zero-order chi connectivity index (χ0) is 15.5. The van der Waals surface area contributed by atoms with Crippen molar-refractivity contribution >= 4 is 11.4 Å². The van der Waals surface area contributed by atoms with Gasteiger partial charge < -0.3 is 0 Å². The molecule has 0 N–H and O–H groups in total. The van der Waals surface area contributed by atoms with E-state index in [1.54, 1.807) is 0 Å². The highest BCUT2D eigenvalue weighted by molar-refractivity contribution is 5.84. The van der Waals surface area contributed by atoms with E-state index in [4.69, 9.17) is 0 Å². The molecular weight excluding hydrogens is 256 g/mol. The Morgan fingerprint density at radius 2 is 1.76 bits per heavy atom. The van der Waals surface area contributed by atoms with Crippen molar-refractivity contribution in [3.8, 4) is 0 Å². The molecule has 1 aromatic carbocycles. The van der Waals surface area contributed by atoms with Crippen molar-refractivity contribution in [2.45, 2.75) is 47.0 Å². The van der Waals surface area contributed by atoms with Gasteiger partial charge in [0.05, 0.1) is 0 Å². The van der Waals surface area contributed by atoms with Crippen LogP contribution in [0.4, 0.5) is 0 Å². The maximum atomic E-state index is 12.1. The quantitative estimate of drug-likeness (QED) is 0.703. The molecule has 1 nitrogen and oxygen atoms in total. The zero-order valence-corrected chi connectivity index (χ0v) is 13.6. The second kappa shape index (κ2) is 6.43. The smallest absolute Gasteiger partial charge is 0.138 e. The maximum Gasteiger partial charge on any atom is 0.138 e. The lowest BCUT2D eigenvalue weighted by Crippen LogP contribution is -2.20. The number of hydrogen-bond acceptors (Lipinski definition) is 1. The van der Waals surface area contributed by atoms with Gasteiger partial charge in [0.15, 0.2) is 0 Å². The first-order valence-corrected chi connectivity index (χ1v) is 7.93. The summed E-state index contributed by atoms with van der Waals surface area (Å²) < 4.78 is 0. The van der Waals surface area contributed by atoms with Crippen LogP contribution >= 0.6 is 0 Å². The van der Waals surface area contributed by atoms with Crippen LogP contribution in [-0.4, -0.2) is 5.78 Å². The van der Waals surface area contributed by atoms with Crippen molar-refractivity contribution in [2.24, 2.45) is 11.3 Å².